The molecule has 0 radical (unpaired) electrons. The maximum atomic E-state index is 12.4. The van der Waals surface area contributed by atoms with Gasteiger partial charge in [-0.05, 0) is 17.7 Å². The van der Waals surface area contributed by atoms with Gasteiger partial charge >= 0.3 is 6.36 Å². The van der Waals surface area contributed by atoms with Crippen molar-refractivity contribution >= 4 is 29.6 Å². The summed E-state index contributed by atoms with van der Waals surface area (Å²) in [7, 11) is 0. The molecule has 1 aromatic rings. The summed E-state index contributed by atoms with van der Waals surface area (Å²) in [6, 6.07) is 3.60. The van der Waals surface area contributed by atoms with E-state index in [-0.39, 0.29) is 11.6 Å². The number of nitrogens with zero attached hydrogens (tertiary/aromatic N) is 1. The summed E-state index contributed by atoms with van der Waals surface area (Å²) in [6.07, 6.45) is -0.858. The molecule has 1 unspecified atom stereocenters. The van der Waals surface area contributed by atoms with E-state index in [1.165, 1.54) is 37.7 Å². The van der Waals surface area contributed by atoms with Crippen molar-refractivity contribution in [2.75, 3.05) is 0 Å². The summed E-state index contributed by atoms with van der Waals surface area (Å²) >= 11 is 5.76. The minimum Gasteiger partial charge on any atom is -0.404 e. The van der Waals surface area contributed by atoms with Gasteiger partial charge in [-0.1, -0.05) is 17.7 Å². The number of rotatable bonds is 5. The summed E-state index contributed by atoms with van der Waals surface area (Å²) < 4.78 is 40.5. The number of hydrogen-bond donors (Lipinski definition) is 3. The molecule has 26 heavy (non-hydrogen) atoms. The average Bonchev–Trinajstić information content (AvgIpc) is 2.54. The Hall–Kier alpha value is -2.75. The molecule has 1 heterocycles. The molecule has 0 fully saturated rings. The average molecular weight is 391 g/mol. The summed E-state index contributed by atoms with van der Waals surface area (Å²) in [5.41, 5.74) is -1.14. The molecule has 1 atom stereocenters. The lowest BCUT2D eigenvalue weighted by atomic mass is 10.1. The largest absolute Gasteiger partial charge is 0.573 e. The maximum Gasteiger partial charge on any atom is 0.573 e. The van der Waals surface area contributed by atoms with Crippen LogP contribution < -0.4 is 20.7 Å². The van der Waals surface area contributed by atoms with Gasteiger partial charge < -0.3 is 20.7 Å². The molecule has 0 aliphatic carbocycles. The molecule has 7 nitrogen and oxygen atoms in total. The molecule has 1 aromatic carbocycles. The maximum absolute atomic E-state index is 12.4. The molecule has 0 spiro atoms. The summed E-state index contributed by atoms with van der Waals surface area (Å²) in [5.74, 6) is -1.63. The number of carbonyl (C=O) groups excluding carboxylic acids is 2. The quantitative estimate of drug-likeness (QED) is 0.715. The zero-order chi connectivity index (χ0) is 19.4. The molecule has 0 saturated carbocycles. The van der Waals surface area contributed by atoms with Crippen LogP contribution in [0.1, 0.15) is 12.5 Å². The number of aliphatic imine (C=N–C) groups is 1. The lowest BCUT2D eigenvalue weighted by Gasteiger charge is -2.30. The molecule has 2 rings (SSSR count). The number of hydrogen-bond acceptors (Lipinski definition) is 5. The van der Waals surface area contributed by atoms with Gasteiger partial charge in [-0.3, -0.25) is 14.6 Å². The Kier molecular flexibility index (Phi) is 5.76. The smallest absolute Gasteiger partial charge is 0.404 e. The number of benzene rings is 1. The Labute approximate surface area is 151 Å². The van der Waals surface area contributed by atoms with Gasteiger partial charge in [-0.2, -0.15) is 0 Å². The van der Waals surface area contributed by atoms with Gasteiger partial charge in [0.05, 0.1) is 11.2 Å². The van der Waals surface area contributed by atoms with E-state index >= 15 is 0 Å². The van der Waals surface area contributed by atoms with Crippen LogP contribution >= 0.6 is 11.6 Å². The number of carbonyl (C=O) groups is 2. The third-order valence-corrected chi connectivity index (χ3v) is 3.44. The highest BCUT2D eigenvalue weighted by Crippen LogP contribution is 2.30. The fourth-order valence-electron chi connectivity index (χ4n) is 2.11. The van der Waals surface area contributed by atoms with Crippen molar-refractivity contribution in [3.63, 3.8) is 0 Å². The molecular formula is C15H14ClF3N4O3. The highest BCUT2D eigenvalue weighted by molar-refractivity contribution is 6.32. The van der Waals surface area contributed by atoms with Crippen molar-refractivity contribution < 1.29 is 27.5 Å². The van der Waals surface area contributed by atoms with Crippen LogP contribution in [0.2, 0.25) is 5.02 Å². The normalized spacial score (nSPS) is 18.8. The summed E-state index contributed by atoms with van der Waals surface area (Å²) in [4.78, 5) is 27.6. The van der Waals surface area contributed by atoms with Crippen molar-refractivity contribution in [2.45, 2.75) is 25.5 Å². The number of halogens is 4. The minimum absolute atomic E-state index is 0.0502. The van der Waals surface area contributed by atoms with Gasteiger partial charge in [0.1, 0.15) is 5.75 Å². The van der Waals surface area contributed by atoms with Gasteiger partial charge in [0.25, 0.3) is 5.91 Å². The number of amides is 2. The van der Waals surface area contributed by atoms with Crippen LogP contribution in [0.25, 0.3) is 0 Å². The van der Waals surface area contributed by atoms with Crippen molar-refractivity contribution in [1.82, 2.24) is 16.0 Å². The van der Waals surface area contributed by atoms with Crippen LogP contribution in [-0.4, -0.2) is 30.1 Å². The monoisotopic (exact) mass is 390 g/mol. The summed E-state index contributed by atoms with van der Waals surface area (Å²) in [6.45, 7) is 1.19. The lowest BCUT2D eigenvalue weighted by molar-refractivity contribution is -0.274. The van der Waals surface area contributed by atoms with Gasteiger partial charge in [-0.25, -0.2) is 0 Å². The molecule has 1 aliphatic heterocycles. The third kappa shape index (κ3) is 5.12. The highest BCUT2D eigenvalue weighted by Gasteiger charge is 2.38. The molecule has 3 N–H and O–H groups in total. The second kappa shape index (κ2) is 7.65. The van der Waals surface area contributed by atoms with Crippen LogP contribution in [0.3, 0.4) is 0 Å². The first-order valence-electron chi connectivity index (χ1n) is 7.19. The van der Waals surface area contributed by atoms with Crippen LogP contribution in [0.4, 0.5) is 13.2 Å². The Morgan fingerprint density at radius 1 is 1.38 bits per heavy atom. The Morgan fingerprint density at radius 2 is 2.12 bits per heavy atom. The van der Waals surface area contributed by atoms with Crippen LogP contribution in [0.5, 0.6) is 5.75 Å². The van der Waals surface area contributed by atoms with Crippen LogP contribution in [0, 0.1) is 0 Å². The van der Waals surface area contributed by atoms with Crippen LogP contribution in [0.15, 0.2) is 35.6 Å². The van der Waals surface area contributed by atoms with Crippen molar-refractivity contribution in [3.05, 3.63) is 41.2 Å². The van der Waals surface area contributed by atoms with Crippen molar-refractivity contribution in [2.24, 2.45) is 4.99 Å². The van der Waals surface area contributed by atoms with Gasteiger partial charge in [0.2, 0.25) is 11.6 Å². The molecule has 0 aromatic heterocycles. The van der Waals surface area contributed by atoms with Crippen molar-refractivity contribution in [1.29, 1.82) is 0 Å². The Bertz CT molecular complexity index is 767. The molecule has 0 bridgehead atoms. The van der Waals surface area contributed by atoms with E-state index in [4.69, 9.17) is 11.6 Å². The number of alkyl halides is 3. The molecule has 140 valence electrons. The number of ether oxygens (including phenoxy) is 1. The zero-order valence-corrected chi connectivity index (χ0v) is 14.1. The van der Waals surface area contributed by atoms with Gasteiger partial charge in [0, 0.05) is 25.9 Å². The van der Waals surface area contributed by atoms with Gasteiger partial charge in [0.15, 0.2) is 0 Å². The first kappa shape index (κ1) is 19.6. The fourth-order valence-corrected chi connectivity index (χ4v) is 2.36. The fraction of sp³-hybridized carbons (Fsp3) is 0.267. The predicted octanol–water partition coefficient (Wildman–Crippen LogP) is 1.83. The topological polar surface area (TPSA) is 91.8 Å². The van der Waals surface area contributed by atoms with E-state index in [1.807, 2.05) is 0 Å². The standard InChI is InChI=1S/C15H14ClF3N4O3/c1-9(24)23-14(8-20-4-5-22-14)13(25)21-7-10-2-3-12(11(16)6-10)26-15(17,18)19/h2-6,8,22H,7H2,1H3,(H,21,25)(H,23,24). The molecule has 2 amide bonds. The lowest BCUT2D eigenvalue weighted by Crippen LogP contribution is -2.67. The van der Waals surface area contributed by atoms with E-state index in [2.05, 4.69) is 25.7 Å². The first-order valence-corrected chi connectivity index (χ1v) is 7.57. The molecule has 11 heteroatoms. The molecular weight excluding hydrogens is 377 g/mol. The van der Waals surface area contributed by atoms with Gasteiger partial charge in [-0.15, -0.1) is 13.2 Å². The van der Waals surface area contributed by atoms with E-state index < -0.39 is 29.6 Å². The van der Waals surface area contributed by atoms with Crippen molar-refractivity contribution in [3.8, 4) is 5.75 Å². The molecule has 0 saturated heterocycles. The second-order valence-corrected chi connectivity index (χ2v) is 5.63. The predicted molar refractivity (Wildman–Crippen MR) is 87.3 cm³/mol. The first-order chi connectivity index (χ1) is 12.1. The Balaban J connectivity index is 2.06. The van der Waals surface area contributed by atoms with E-state index in [0.29, 0.717) is 5.56 Å². The van der Waals surface area contributed by atoms with E-state index in [1.54, 1.807) is 0 Å². The number of nitrogens with one attached hydrogen (secondary N) is 3. The van der Waals surface area contributed by atoms with E-state index in [0.717, 1.165) is 6.07 Å². The SMILES string of the molecule is CC(=O)NC1(C(=O)NCc2ccc(OC(F)(F)F)c(Cl)c2)C=NC=CN1. The third-order valence-electron chi connectivity index (χ3n) is 3.15. The second-order valence-electron chi connectivity index (χ2n) is 5.22. The molecule has 1 aliphatic rings. The van der Waals surface area contributed by atoms with Crippen LogP contribution in [-0.2, 0) is 16.1 Å². The Morgan fingerprint density at radius 3 is 2.65 bits per heavy atom. The highest BCUT2D eigenvalue weighted by atomic mass is 35.5. The summed E-state index contributed by atoms with van der Waals surface area (Å²) in [5, 5.41) is 7.43. The zero-order valence-electron chi connectivity index (χ0n) is 13.4. The minimum atomic E-state index is -4.86. The van der Waals surface area contributed by atoms with E-state index in [9.17, 15) is 22.8 Å².